The van der Waals surface area contributed by atoms with E-state index in [1.165, 1.54) is 12.1 Å². The van der Waals surface area contributed by atoms with Crippen LogP contribution in [0.5, 0.6) is 0 Å². The van der Waals surface area contributed by atoms with Crippen LogP contribution >= 0.6 is 0 Å². The summed E-state index contributed by atoms with van der Waals surface area (Å²) in [5, 5.41) is 0.830. The molecule has 2 heterocycles. The Labute approximate surface area is 129 Å². The molecule has 1 saturated heterocycles. The average molecular weight is 304 g/mol. The molecule has 3 rings (SSSR count). The fourth-order valence-electron chi connectivity index (χ4n) is 2.96. The van der Waals surface area contributed by atoms with Gasteiger partial charge in [0.1, 0.15) is 5.82 Å². The summed E-state index contributed by atoms with van der Waals surface area (Å²) in [6.45, 7) is 2.00. The summed E-state index contributed by atoms with van der Waals surface area (Å²) in [5.41, 5.74) is 1.80. The second kappa shape index (κ2) is 6.48. The Bertz CT molecular complexity index is 662. The van der Waals surface area contributed by atoms with Crippen LogP contribution in [0, 0.1) is 11.7 Å². The Balaban J connectivity index is 1.61. The molecule has 0 aliphatic carbocycles. The van der Waals surface area contributed by atoms with E-state index in [4.69, 9.17) is 4.74 Å². The van der Waals surface area contributed by atoms with E-state index in [0.29, 0.717) is 25.5 Å². The molecule has 1 aliphatic rings. The van der Waals surface area contributed by atoms with Crippen molar-refractivity contribution in [2.24, 2.45) is 5.92 Å². The van der Waals surface area contributed by atoms with Gasteiger partial charge in [-0.05, 0) is 43.0 Å². The SMILES string of the molecule is CN(Cc1cc2cc(F)ccc2[nH]1)C(=O)C[C@@H]1CCCOC1. The van der Waals surface area contributed by atoms with E-state index in [9.17, 15) is 9.18 Å². The van der Waals surface area contributed by atoms with Crippen molar-refractivity contribution in [1.29, 1.82) is 0 Å². The summed E-state index contributed by atoms with van der Waals surface area (Å²) in [7, 11) is 1.80. The number of ether oxygens (including phenoxy) is 1. The van der Waals surface area contributed by atoms with Gasteiger partial charge in [-0.2, -0.15) is 0 Å². The molecule has 0 radical (unpaired) electrons. The van der Waals surface area contributed by atoms with E-state index in [1.807, 2.05) is 6.07 Å². The van der Waals surface area contributed by atoms with E-state index in [0.717, 1.165) is 36.0 Å². The molecule has 1 fully saturated rings. The minimum atomic E-state index is -0.250. The molecule has 2 aromatic rings. The Morgan fingerprint density at radius 2 is 2.32 bits per heavy atom. The fourth-order valence-corrected chi connectivity index (χ4v) is 2.96. The molecular formula is C17H21FN2O2. The third-order valence-corrected chi connectivity index (χ3v) is 4.19. The molecule has 1 aromatic heterocycles. The minimum absolute atomic E-state index is 0.125. The number of nitrogens with one attached hydrogen (secondary N) is 1. The van der Waals surface area contributed by atoms with Crippen LogP contribution in [0.1, 0.15) is 25.0 Å². The standard InChI is InChI=1S/C17H21FN2O2/c1-20(17(21)7-12-3-2-6-22-11-12)10-15-9-13-8-14(18)4-5-16(13)19-15/h4-5,8-9,12,19H,2-3,6-7,10-11H2,1H3/t12-/m0/s1. The van der Waals surface area contributed by atoms with Gasteiger partial charge in [0, 0.05) is 43.3 Å². The third kappa shape index (κ3) is 3.47. The maximum absolute atomic E-state index is 13.2. The number of nitrogens with zero attached hydrogens (tertiary/aromatic N) is 1. The summed E-state index contributed by atoms with van der Waals surface area (Å²) in [6, 6.07) is 6.54. The number of H-pyrrole nitrogens is 1. The van der Waals surface area contributed by atoms with Gasteiger partial charge in [0.25, 0.3) is 0 Å². The highest BCUT2D eigenvalue weighted by molar-refractivity contribution is 5.81. The maximum Gasteiger partial charge on any atom is 0.223 e. The Morgan fingerprint density at radius 3 is 3.09 bits per heavy atom. The predicted octanol–water partition coefficient (Wildman–Crippen LogP) is 3.08. The minimum Gasteiger partial charge on any atom is -0.381 e. The second-order valence-corrected chi connectivity index (χ2v) is 6.06. The van der Waals surface area contributed by atoms with Crippen molar-refractivity contribution in [3.8, 4) is 0 Å². The van der Waals surface area contributed by atoms with Crippen LogP contribution in [-0.2, 0) is 16.1 Å². The number of benzene rings is 1. The van der Waals surface area contributed by atoms with E-state index in [1.54, 1.807) is 18.0 Å². The number of hydrogen-bond donors (Lipinski definition) is 1. The Kier molecular flexibility index (Phi) is 4.43. The van der Waals surface area contributed by atoms with Crippen LogP contribution in [0.25, 0.3) is 10.9 Å². The van der Waals surface area contributed by atoms with Crippen molar-refractivity contribution in [3.63, 3.8) is 0 Å². The molecule has 22 heavy (non-hydrogen) atoms. The van der Waals surface area contributed by atoms with Gasteiger partial charge in [-0.25, -0.2) is 4.39 Å². The summed E-state index contributed by atoms with van der Waals surface area (Å²) >= 11 is 0. The van der Waals surface area contributed by atoms with Crippen LogP contribution in [0.4, 0.5) is 4.39 Å². The summed E-state index contributed by atoms with van der Waals surface area (Å²) in [5.74, 6) is 0.209. The van der Waals surface area contributed by atoms with Gasteiger partial charge >= 0.3 is 0 Å². The molecular weight excluding hydrogens is 283 g/mol. The van der Waals surface area contributed by atoms with Gasteiger partial charge < -0.3 is 14.6 Å². The van der Waals surface area contributed by atoms with Crippen LogP contribution in [0.3, 0.4) is 0 Å². The highest BCUT2D eigenvalue weighted by Crippen LogP contribution is 2.20. The van der Waals surface area contributed by atoms with Crippen molar-refractivity contribution in [1.82, 2.24) is 9.88 Å². The van der Waals surface area contributed by atoms with Gasteiger partial charge in [0.2, 0.25) is 5.91 Å². The van der Waals surface area contributed by atoms with E-state index < -0.39 is 0 Å². The topological polar surface area (TPSA) is 45.3 Å². The second-order valence-electron chi connectivity index (χ2n) is 6.06. The van der Waals surface area contributed by atoms with E-state index in [-0.39, 0.29) is 11.7 Å². The highest BCUT2D eigenvalue weighted by atomic mass is 19.1. The molecule has 1 atom stereocenters. The van der Waals surface area contributed by atoms with Gasteiger partial charge in [0.15, 0.2) is 0 Å². The van der Waals surface area contributed by atoms with E-state index in [2.05, 4.69) is 4.98 Å². The van der Waals surface area contributed by atoms with Crippen LogP contribution in [0.15, 0.2) is 24.3 Å². The number of carbonyl (C=O) groups excluding carboxylic acids is 1. The van der Waals surface area contributed by atoms with Gasteiger partial charge in [-0.3, -0.25) is 4.79 Å². The summed E-state index contributed by atoms with van der Waals surface area (Å²) in [6.07, 6.45) is 2.63. The van der Waals surface area contributed by atoms with Crippen molar-refractivity contribution in [2.75, 3.05) is 20.3 Å². The zero-order chi connectivity index (χ0) is 15.5. The molecule has 0 unspecified atom stereocenters. The normalized spacial score (nSPS) is 18.5. The molecule has 1 N–H and O–H groups in total. The monoisotopic (exact) mass is 304 g/mol. The van der Waals surface area contributed by atoms with Crippen LogP contribution in [0.2, 0.25) is 0 Å². The van der Waals surface area contributed by atoms with Crippen molar-refractivity contribution < 1.29 is 13.9 Å². The first kappa shape index (κ1) is 15.0. The molecule has 4 nitrogen and oxygen atoms in total. The number of aromatic nitrogens is 1. The number of aromatic amines is 1. The maximum atomic E-state index is 13.2. The zero-order valence-electron chi connectivity index (χ0n) is 12.8. The first-order valence-corrected chi connectivity index (χ1v) is 7.70. The lowest BCUT2D eigenvalue weighted by Gasteiger charge is -2.24. The van der Waals surface area contributed by atoms with Gasteiger partial charge in [-0.1, -0.05) is 0 Å². The Morgan fingerprint density at radius 1 is 1.45 bits per heavy atom. The number of hydrogen-bond acceptors (Lipinski definition) is 2. The molecule has 1 aliphatic heterocycles. The quantitative estimate of drug-likeness (QED) is 0.943. The molecule has 1 amide bonds. The summed E-state index contributed by atoms with van der Waals surface area (Å²) in [4.78, 5) is 17.2. The smallest absolute Gasteiger partial charge is 0.223 e. The first-order valence-electron chi connectivity index (χ1n) is 7.70. The molecule has 1 aromatic carbocycles. The third-order valence-electron chi connectivity index (χ3n) is 4.19. The molecule has 0 spiro atoms. The van der Waals surface area contributed by atoms with Crippen molar-refractivity contribution in [3.05, 3.63) is 35.8 Å². The zero-order valence-corrected chi connectivity index (χ0v) is 12.8. The molecule has 5 heteroatoms. The first-order chi connectivity index (χ1) is 10.6. The van der Waals surface area contributed by atoms with Crippen LogP contribution in [-0.4, -0.2) is 36.1 Å². The number of amides is 1. The number of halogens is 1. The summed E-state index contributed by atoms with van der Waals surface area (Å²) < 4.78 is 18.6. The van der Waals surface area contributed by atoms with Gasteiger partial charge in [-0.15, -0.1) is 0 Å². The molecule has 118 valence electrons. The average Bonchev–Trinajstić information content (AvgIpc) is 2.89. The predicted molar refractivity (Wildman–Crippen MR) is 82.9 cm³/mol. The van der Waals surface area contributed by atoms with E-state index >= 15 is 0 Å². The molecule has 0 saturated carbocycles. The Hall–Kier alpha value is -1.88. The van der Waals surface area contributed by atoms with Crippen molar-refractivity contribution >= 4 is 16.8 Å². The molecule has 0 bridgehead atoms. The lowest BCUT2D eigenvalue weighted by atomic mass is 9.98. The van der Waals surface area contributed by atoms with Crippen LogP contribution < -0.4 is 0 Å². The lowest BCUT2D eigenvalue weighted by molar-refractivity contribution is -0.132. The number of fused-ring (bicyclic) bond motifs is 1. The largest absolute Gasteiger partial charge is 0.381 e. The highest BCUT2D eigenvalue weighted by Gasteiger charge is 2.20. The fraction of sp³-hybridized carbons (Fsp3) is 0.471. The van der Waals surface area contributed by atoms with Gasteiger partial charge in [0.05, 0.1) is 6.54 Å². The van der Waals surface area contributed by atoms with Crippen molar-refractivity contribution in [2.45, 2.75) is 25.8 Å². The number of carbonyl (C=O) groups is 1. The number of rotatable bonds is 4. The lowest BCUT2D eigenvalue weighted by Crippen LogP contribution is -2.30.